The number of nitrogens with two attached hydrogens (primary N) is 1. The first-order valence-electron chi connectivity index (χ1n) is 11.3. The molecule has 1 saturated carbocycles. The number of aliphatic imine (C=N–C) groups is 1. The monoisotopic (exact) mass is 444 g/mol. The molecule has 1 amide bonds. The molecule has 1 unspecified atom stereocenters. The van der Waals surface area contributed by atoms with Crippen LogP contribution in [0.3, 0.4) is 0 Å². The van der Waals surface area contributed by atoms with Crippen molar-refractivity contribution >= 4 is 28.1 Å². The van der Waals surface area contributed by atoms with Gasteiger partial charge in [-0.25, -0.2) is 4.98 Å². The highest BCUT2D eigenvalue weighted by Gasteiger charge is 2.31. The minimum atomic E-state index is -0.0213. The molecule has 5 rings (SSSR count). The summed E-state index contributed by atoms with van der Waals surface area (Å²) in [6.45, 7) is 5.65. The highest BCUT2D eigenvalue weighted by Crippen LogP contribution is 2.36. The van der Waals surface area contributed by atoms with E-state index in [1.807, 2.05) is 23.2 Å². The Hall–Kier alpha value is -2.99. The van der Waals surface area contributed by atoms with Crippen molar-refractivity contribution in [2.45, 2.75) is 33.1 Å². The Kier molecular flexibility index (Phi) is 5.55. The van der Waals surface area contributed by atoms with Gasteiger partial charge in [0, 0.05) is 30.8 Å². The molecular weight excluding hydrogens is 416 g/mol. The van der Waals surface area contributed by atoms with Crippen molar-refractivity contribution in [3.05, 3.63) is 71.1 Å². The van der Waals surface area contributed by atoms with Gasteiger partial charge in [0.15, 0.2) is 5.13 Å². The Labute approximate surface area is 193 Å². The first-order valence-corrected chi connectivity index (χ1v) is 12.1. The molecule has 2 aromatic rings. The fourth-order valence-corrected chi connectivity index (χ4v) is 5.19. The zero-order chi connectivity index (χ0) is 22.2. The summed E-state index contributed by atoms with van der Waals surface area (Å²) in [5.74, 6) is 0.911. The van der Waals surface area contributed by atoms with Gasteiger partial charge in [0.25, 0.3) is 5.91 Å². The summed E-state index contributed by atoms with van der Waals surface area (Å²) in [6, 6.07) is 8.17. The van der Waals surface area contributed by atoms with Crippen LogP contribution in [0, 0.1) is 18.8 Å². The Balaban J connectivity index is 1.37. The van der Waals surface area contributed by atoms with E-state index in [1.54, 1.807) is 0 Å². The van der Waals surface area contributed by atoms with E-state index in [0.29, 0.717) is 29.2 Å². The van der Waals surface area contributed by atoms with Crippen LogP contribution in [0.25, 0.3) is 10.4 Å². The summed E-state index contributed by atoms with van der Waals surface area (Å²) in [5, 5.41) is 0.431. The van der Waals surface area contributed by atoms with Gasteiger partial charge in [0.2, 0.25) is 0 Å². The van der Waals surface area contributed by atoms with Crippen LogP contribution in [0.5, 0.6) is 0 Å². The third-order valence-electron chi connectivity index (χ3n) is 6.32. The van der Waals surface area contributed by atoms with E-state index in [0.717, 1.165) is 34.7 Å². The molecule has 0 bridgehead atoms. The van der Waals surface area contributed by atoms with E-state index < -0.39 is 0 Å². The van der Waals surface area contributed by atoms with Gasteiger partial charge in [-0.05, 0) is 43.2 Å². The number of nitrogen functional groups attached to an aromatic ring is 1. The third-order valence-corrected chi connectivity index (χ3v) is 7.25. The Bertz CT molecular complexity index is 1180. The first-order chi connectivity index (χ1) is 15.5. The van der Waals surface area contributed by atoms with Crippen LogP contribution in [0.4, 0.5) is 5.13 Å². The van der Waals surface area contributed by atoms with Crippen molar-refractivity contribution < 1.29 is 4.79 Å². The molecule has 164 valence electrons. The van der Waals surface area contributed by atoms with Crippen LogP contribution in [0.2, 0.25) is 0 Å². The lowest BCUT2D eigenvalue weighted by molar-refractivity contribution is 0.0745. The topological polar surface area (TPSA) is 71.6 Å². The van der Waals surface area contributed by atoms with E-state index in [-0.39, 0.29) is 5.91 Å². The minimum absolute atomic E-state index is 0.0213. The number of benzene rings is 1. The van der Waals surface area contributed by atoms with Gasteiger partial charge in [-0.15, -0.1) is 0 Å². The minimum Gasteiger partial charge on any atom is -0.375 e. The van der Waals surface area contributed by atoms with Crippen LogP contribution in [0.15, 0.2) is 64.8 Å². The summed E-state index contributed by atoms with van der Waals surface area (Å²) < 4.78 is 0. The van der Waals surface area contributed by atoms with Crippen molar-refractivity contribution in [3.8, 4) is 10.4 Å². The number of nitrogens with zero attached hydrogens (tertiary/aromatic N) is 3. The van der Waals surface area contributed by atoms with Crippen molar-refractivity contribution in [1.82, 2.24) is 9.88 Å². The van der Waals surface area contributed by atoms with Crippen LogP contribution < -0.4 is 5.73 Å². The number of hydrogen-bond acceptors (Lipinski definition) is 5. The lowest BCUT2D eigenvalue weighted by Gasteiger charge is -2.23. The molecule has 3 aliphatic rings. The molecule has 0 radical (unpaired) electrons. The van der Waals surface area contributed by atoms with Gasteiger partial charge in [0.1, 0.15) is 5.69 Å². The maximum Gasteiger partial charge on any atom is 0.274 e. The quantitative estimate of drug-likeness (QED) is 0.620. The first kappa shape index (κ1) is 20.9. The van der Waals surface area contributed by atoms with E-state index >= 15 is 0 Å². The predicted molar refractivity (Wildman–Crippen MR) is 132 cm³/mol. The molecule has 1 aromatic heterocycles. The van der Waals surface area contributed by atoms with Crippen LogP contribution in [0.1, 0.15) is 42.2 Å². The average molecular weight is 445 g/mol. The van der Waals surface area contributed by atoms with Crippen molar-refractivity contribution in [2.24, 2.45) is 16.8 Å². The Morgan fingerprint density at radius 2 is 2.16 bits per heavy atom. The second-order valence-electron chi connectivity index (χ2n) is 8.97. The smallest absolute Gasteiger partial charge is 0.274 e. The molecule has 2 heterocycles. The van der Waals surface area contributed by atoms with Crippen LogP contribution in [-0.4, -0.2) is 34.6 Å². The van der Waals surface area contributed by atoms with Crippen molar-refractivity contribution in [2.75, 3.05) is 18.8 Å². The molecule has 1 fully saturated rings. The standard InChI is InChI=1S/C26H28N4OS/c1-16-5-3-7-19(13-16)24-23(29-26(27)32-24)25(31)30(15-18-9-10-18)12-11-20-14-28-22-17(2)6-4-8-21(20)22/h3-8,13-14,17-18H,9-12,15H2,1-2H3,(H2,27,29). The fraction of sp³-hybridized carbons (Fsp3) is 0.346. The summed E-state index contributed by atoms with van der Waals surface area (Å²) in [7, 11) is 0. The molecule has 1 aromatic carbocycles. The number of aryl methyl sites for hydroxylation is 1. The number of anilines is 1. The lowest BCUT2D eigenvalue weighted by atomic mass is 9.89. The average Bonchev–Trinajstić information content (AvgIpc) is 3.36. The van der Waals surface area contributed by atoms with E-state index in [9.17, 15) is 4.79 Å². The summed E-state index contributed by atoms with van der Waals surface area (Å²) >= 11 is 1.39. The molecular formula is C26H28N4OS. The number of rotatable bonds is 7. The van der Waals surface area contributed by atoms with E-state index in [1.165, 1.54) is 35.3 Å². The SMILES string of the molecule is Cc1cccc(-c2sc(N)nc2C(=O)N(CCC2=CN=C3C2=CC=CC3C)CC2CC2)c1. The number of carbonyl (C=O) groups is 1. The third kappa shape index (κ3) is 4.19. The predicted octanol–water partition coefficient (Wildman–Crippen LogP) is 5.41. The Morgan fingerprint density at radius 1 is 1.31 bits per heavy atom. The van der Waals surface area contributed by atoms with Gasteiger partial charge in [-0.1, -0.05) is 66.3 Å². The number of amides is 1. The number of hydrogen-bond donors (Lipinski definition) is 1. The fourth-order valence-electron chi connectivity index (χ4n) is 4.37. The van der Waals surface area contributed by atoms with Gasteiger partial charge >= 0.3 is 0 Å². The van der Waals surface area contributed by atoms with Gasteiger partial charge in [-0.2, -0.15) is 0 Å². The largest absolute Gasteiger partial charge is 0.375 e. The second kappa shape index (κ2) is 8.51. The zero-order valence-corrected chi connectivity index (χ0v) is 19.4. The summed E-state index contributed by atoms with van der Waals surface area (Å²) in [6.07, 6.45) is 11.6. The van der Waals surface area contributed by atoms with E-state index in [2.05, 4.69) is 54.2 Å². The number of allylic oxidation sites excluding steroid dienone is 4. The zero-order valence-electron chi connectivity index (χ0n) is 18.5. The highest BCUT2D eigenvalue weighted by molar-refractivity contribution is 7.19. The van der Waals surface area contributed by atoms with Gasteiger partial charge < -0.3 is 10.6 Å². The molecule has 1 aliphatic heterocycles. The molecule has 1 atom stereocenters. The molecule has 2 aliphatic carbocycles. The number of fused-ring (bicyclic) bond motifs is 1. The van der Waals surface area contributed by atoms with Gasteiger partial charge in [0.05, 0.1) is 10.6 Å². The molecule has 6 heteroatoms. The summed E-state index contributed by atoms with van der Waals surface area (Å²) in [4.78, 5) is 25.6. The Morgan fingerprint density at radius 3 is 2.94 bits per heavy atom. The molecule has 32 heavy (non-hydrogen) atoms. The highest BCUT2D eigenvalue weighted by atomic mass is 32.1. The van der Waals surface area contributed by atoms with Crippen LogP contribution >= 0.6 is 11.3 Å². The normalized spacial score (nSPS) is 19.3. The van der Waals surface area contributed by atoms with Crippen LogP contribution in [-0.2, 0) is 0 Å². The molecule has 0 spiro atoms. The maximum atomic E-state index is 13.7. The van der Waals surface area contributed by atoms with Crippen molar-refractivity contribution in [1.29, 1.82) is 0 Å². The molecule has 2 N–H and O–H groups in total. The second-order valence-corrected chi connectivity index (χ2v) is 10.00. The van der Waals surface area contributed by atoms with E-state index in [4.69, 9.17) is 5.73 Å². The maximum absolute atomic E-state index is 13.7. The number of carbonyl (C=O) groups excluding carboxylic acids is 1. The number of thiazole rings is 1. The van der Waals surface area contributed by atoms with Crippen molar-refractivity contribution in [3.63, 3.8) is 0 Å². The lowest BCUT2D eigenvalue weighted by Crippen LogP contribution is -2.34. The summed E-state index contributed by atoms with van der Waals surface area (Å²) in [5.41, 5.74) is 12.3. The van der Waals surface area contributed by atoms with Gasteiger partial charge in [-0.3, -0.25) is 9.79 Å². The molecule has 0 saturated heterocycles. The number of aromatic nitrogens is 1. The molecule has 5 nitrogen and oxygen atoms in total.